The minimum absolute atomic E-state index is 0.133. The SMILES string of the molecule is COCC(CN)Oc1ccc(OCc2ccccc2)cc1. The Morgan fingerprint density at radius 2 is 1.62 bits per heavy atom. The maximum atomic E-state index is 5.72. The summed E-state index contributed by atoms with van der Waals surface area (Å²) in [6.45, 7) is 1.44. The lowest BCUT2D eigenvalue weighted by Gasteiger charge is -2.16. The van der Waals surface area contributed by atoms with E-state index in [0.29, 0.717) is 19.8 Å². The molecule has 0 amide bonds. The van der Waals surface area contributed by atoms with Crippen molar-refractivity contribution in [1.29, 1.82) is 0 Å². The predicted octanol–water partition coefficient (Wildman–Crippen LogP) is 2.62. The molecule has 0 saturated carbocycles. The molecule has 0 spiro atoms. The van der Waals surface area contributed by atoms with E-state index in [-0.39, 0.29) is 6.10 Å². The number of methoxy groups -OCH3 is 1. The Morgan fingerprint density at radius 3 is 2.24 bits per heavy atom. The number of ether oxygens (including phenoxy) is 3. The fourth-order valence-electron chi connectivity index (χ4n) is 1.88. The second-order valence-electron chi connectivity index (χ2n) is 4.68. The predicted molar refractivity (Wildman–Crippen MR) is 82.6 cm³/mol. The van der Waals surface area contributed by atoms with Crippen LogP contribution in [0.5, 0.6) is 11.5 Å². The van der Waals surface area contributed by atoms with E-state index < -0.39 is 0 Å². The van der Waals surface area contributed by atoms with Gasteiger partial charge in [0.15, 0.2) is 0 Å². The van der Waals surface area contributed by atoms with Crippen molar-refractivity contribution < 1.29 is 14.2 Å². The number of hydrogen-bond acceptors (Lipinski definition) is 4. The lowest BCUT2D eigenvalue weighted by molar-refractivity contribution is 0.0860. The molecule has 2 N–H and O–H groups in total. The van der Waals surface area contributed by atoms with Crippen LogP contribution in [0.1, 0.15) is 5.56 Å². The first-order valence-electron chi connectivity index (χ1n) is 6.94. The third kappa shape index (κ3) is 5.10. The van der Waals surface area contributed by atoms with Crippen LogP contribution < -0.4 is 15.2 Å². The van der Waals surface area contributed by atoms with Gasteiger partial charge in [-0.1, -0.05) is 30.3 Å². The van der Waals surface area contributed by atoms with Gasteiger partial charge in [0, 0.05) is 13.7 Å². The van der Waals surface area contributed by atoms with E-state index in [0.717, 1.165) is 17.1 Å². The fourth-order valence-corrected chi connectivity index (χ4v) is 1.88. The number of rotatable bonds is 8. The average molecular weight is 287 g/mol. The van der Waals surface area contributed by atoms with E-state index in [2.05, 4.69) is 0 Å². The summed E-state index contributed by atoms with van der Waals surface area (Å²) >= 11 is 0. The molecule has 0 aliphatic heterocycles. The second-order valence-corrected chi connectivity index (χ2v) is 4.68. The van der Waals surface area contributed by atoms with E-state index in [1.165, 1.54) is 0 Å². The molecule has 4 heteroatoms. The molecule has 1 atom stereocenters. The molecule has 0 fully saturated rings. The molecule has 1 unspecified atom stereocenters. The highest BCUT2D eigenvalue weighted by atomic mass is 16.5. The zero-order chi connectivity index (χ0) is 14.9. The van der Waals surface area contributed by atoms with Crippen molar-refractivity contribution in [3.63, 3.8) is 0 Å². The first kappa shape index (κ1) is 15.4. The van der Waals surface area contributed by atoms with Gasteiger partial charge in [-0.25, -0.2) is 0 Å². The monoisotopic (exact) mass is 287 g/mol. The number of nitrogens with two attached hydrogens (primary N) is 1. The van der Waals surface area contributed by atoms with Crippen molar-refractivity contribution in [3.05, 3.63) is 60.2 Å². The molecule has 0 saturated heterocycles. The van der Waals surface area contributed by atoms with Crippen LogP contribution in [-0.4, -0.2) is 26.4 Å². The molecule has 0 aliphatic carbocycles. The van der Waals surface area contributed by atoms with Gasteiger partial charge in [-0.15, -0.1) is 0 Å². The van der Waals surface area contributed by atoms with Gasteiger partial charge >= 0.3 is 0 Å². The average Bonchev–Trinajstić information content (AvgIpc) is 2.54. The molecule has 112 valence electrons. The van der Waals surface area contributed by atoms with E-state index in [1.54, 1.807) is 7.11 Å². The summed E-state index contributed by atoms with van der Waals surface area (Å²) in [6, 6.07) is 17.6. The lowest BCUT2D eigenvalue weighted by Crippen LogP contribution is -2.31. The van der Waals surface area contributed by atoms with Crippen molar-refractivity contribution in [2.75, 3.05) is 20.3 Å². The van der Waals surface area contributed by atoms with Gasteiger partial charge in [-0.3, -0.25) is 0 Å². The van der Waals surface area contributed by atoms with E-state index in [9.17, 15) is 0 Å². The third-order valence-corrected chi connectivity index (χ3v) is 2.99. The van der Waals surface area contributed by atoms with Crippen molar-refractivity contribution in [3.8, 4) is 11.5 Å². The molecule has 21 heavy (non-hydrogen) atoms. The highest BCUT2D eigenvalue weighted by Crippen LogP contribution is 2.19. The van der Waals surface area contributed by atoms with E-state index >= 15 is 0 Å². The zero-order valence-corrected chi connectivity index (χ0v) is 12.2. The highest BCUT2D eigenvalue weighted by Gasteiger charge is 2.07. The van der Waals surface area contributed by atoms with Crippen LogP contribution in [-0.2, 0) is 11.3 Å². The van der Waals surface area contributed by atoms with Crippen molar-refractivity contribution in [2.45, 2.75) is 12.7 Å². The largest absolute Gasteiger partial charge is 0.489 e. The summed E-state index contributed by atoms with van der Waals surface area (Å²) in [6.07, 6.45) is -0.133. The minimum Gasteiger partial charge on any atom is -0.489 e. The van der Waals surface area contributed by atoms with Gasteiger partial charge in [0.25, 0.3) is 0 Å². The van der Waals surface area contributed by atoms with Crippen LogP contribution in [0.15, 0.2) is 54.6 Å². The van der Waals surface area contributed by atoms with Crippen LogP contribution >= 0.6 is 0 Å². The molecule has 0 radical (unpaired) electrons. The second kappa shape index (κ2) is 8.29. The quantitative estimate of drug-likeness (QED) is 0.811. The van der Waals surface area contributed by atoms with Gasteiger partial charge in [-0.05, 0) is 29.8 Å². The van der Waals surface area contributed by atoms with Crippen LogP contribution in [0.3, 0.4) is 0 Å². The molecule has 0 aromatic heterocycles. The molecule has 0 heterocycles. The number of hydrogen-bond donors (Lipinski definition) is 1. The van der Waals surface area contributed by atoms with Crippen molar-refractivity contribution in [1.82, 2.24) is 0 Å². The lowest BCUT2D eigenvalue weighted by atomic mass is 10.2. The highest BCUT2D eigenvalue weighted by molar-refractivity contribution is 5.31. The Balaban J connectivity index is 1.87. The number of benzene rings is 2. The zero-order valence-electron chi connectivity index (χ0n) is 12.2. The first-order chi connectivity index (χ1) is 10.3. The smallest absolute Gasteiger partial charge is 0.134 e. The van der Waals surface area contributed by atoms with Crippen LogP contribution in [0, 0.1) is 0 Å². The maximum absolute atomic E-state index is 5.72. The molecular formula is C17H21NO3. The Bertz CT molecular complexity index is 513. The van der Waals surface area contributed by atoms with Gasteiger partial charge in [0.05, 0.1) is 6.61 Å². The summed E-state index contributed by atoms with van der Waals surface area (Å²) < 4.78 is 16.5. The summed E-state index contributed by atoms with van der Waals surface area (Å²) in [5, 5.41) is 0. The van der Waals surface area contributed by atoms with Gasteiger partial charge in [0.1, 0.15) is 24.2 Å². The molecule has 4 nitrogen and oxygen atoms in total. The van der Waals surface area contributed by atoms with Gasteiger partial charge in [0.2, 0.25) is 0 Å². The minimum atomic E-state index is -0.133. The molecule has 2 aromatic carbocycles. The Kier molecular flexibility index (Phi) is 6.06. The first-order valence-corrected chi connectivity index (χ1v) is 6.94. The van der Waals surface area contributed by atoms with Crippen LogP contribution in [0.25, 0.3) is 0 Å². The van der Waals surface area contributed by atoms with E-state index in [1.807, 2.05) is 54.6 Å². The van der Waals surface area contributed by atoms with Crippen LogP contribution in [0.4, 0.5) is 0 Å². The summed E-state index contributed by atoms with van der Waals surface area (Å²) in [5.74, 6) is 1.57. The Hall–Kier alpha value is -2.04. The summed E-state index contributed by atoms with van der Waals surface area (Å²) in [5.41, 5.74) is 6.76. The fraction of sp³-hybridized carbons (Fsp3) is 0.294. The molecule has 0 aliphatic rings. The van der Waals surface area contributed by atoms with Crippen molar-refractivity contribution >= 4 is 0 Å². The molecule has 2 aromatic rings. The molecule has 2 rings (SSSR count). The van der Waals surface area contributed by atoms with Crippen LogP contribution in [0.2, 0.25) is 0 Å². The van der Waals surface area contributed by atoms with E-state index in [4.69, 9.17) is 19.9 Å². The summed E-state index contributed by atoms with van der Waals surface area (Å²) in [4.78, 5) is 0. The summed E-state index contributed by atoms with van der Waals surface area (Å²) in [7, 11) is 1.63. The molecule has 0 bridgehead atoms. The Morgan fingerprint density at radius 1 is 0.952 bits per heavy atom. The van der Waals surface area contributed by atoms with Gasteiger partial charge < -0.3 is 19.9 Å². The van der Waals surface area contributed by atoms with Gasteiger partial charge in [-0.2, -0.15) is 0 Å². The third-order valence-electron chi connectivity index (χ3n) is 2.99. The van der Waals surface area contributed by atoms with Crippen molar-refractivity contribution in [2.24, 2.45) is 5.73 Å². The maximum Gasteiger partial charge on any atom is 0.134 e. The topological polar surface area (TPSA) is 53.7 Å². The standard InChI is InChI=1S/C17H21NO3/c1-19-13-17(11-18)21-16-9-7-15(8-10-16)20-12-14-5-3-2-4-6-14/h2-10,17H,11-13,18H2,1H3. The molecular weight excluding hydrogens is 266 g/mol. The normalized spacial score (nSPS) is 11.9. The Labute approximate surface area is 125 Å².